The fraction of sp³-hybridized carbons (Fsp3) is 0.250. The lowest BCUT2D eigenvalue weighted by atomic mass is 10.0. The minimum Gasteiger partial charge on any atom is -0.481 e. The third-order valence-electron chi connectivity index (χ3n) is 3.17. The van der Waals surface area contributed by atoms with E-state index in [1.165, 1.54) is 6.07 Å². The van der Waals surface area contributed by atoms with Gasteiger partial charge in [0.25, 0.3) is 0 Å². The van der Waals surface area contributed by atoms with Crippen LogP contribution in [0.2, 0.25) is 0 Å². The minimum absolute atomic E-state index is 0.118. The highest BCUT2D eigenvalue weighted by atomic mass is 19.4. The van der Waals surface area contributed by atoms with Crippen LogP contribution in [0.5, 0.6) is 5.75 Å². The number of amides is 1. The van der Waals surface area contributed by atoms with Crippen LogP contribution in [0.15, 0.2) is 42.7 Å². The van der Waals surface area contributed by atoms with Gasteiger partial charge < -0.3 is 10.1 Å². The average molecular weight is 342 g/mol. The van der Waals surface area contributed by atoms with Crippen LogP contribution in [0.3, 0.4) is 0 Å². The summed E-state index contributed by atoms with van der Waals surface area (Å²) in [6.07, 6.45) is -1.44. The lowest BCUT2D eigenvalue weighted by molar-refractivity contribution is -0.153. The summed E-state index contributed by atoms with van der Waals surface area (Å²) < 4.78 is 54.3. The lowest BCUT2D eigenvalue weighted by Gasteiger charge is -2.14. The molecule has 0 aliphatic carbocycles. The zero-order valence-electron chi connectivity index (χ0n) is 12.6. The smallest absolute Gasteiger partial charge is 0.422 e. The molecule has 1 unspecified atom stereocenters. The molecular weight excluding hydrogens is 328 g/mol. The standard InChI is InChI=1S/C16H14F4N2O2/c1-10(11-3-2-6-21-8-11)15(23)22-12-4-5-14(13(17)7-12)24-9-16(18,19)20/h2-8,10H,9H2,1H3,(H,22,23). The predicted molar refractivity (Wildman–Crippen MR) is 79.2 cm³/mol. The van der Waals surface area contributed by atoms with Crippen molar-refractivity contribution in [1.82, 2.24) is 4.98 Å². The normalized spacial score (nSPS) is 12.5. The van der Waals surface area contributed by atoms with Gasteiger partial charge in [-0.1, -0.05) is 6.07 Å². The van der Waals surface area contributed by atoms with Crippen LogP contribution < -0.4 is 10.1 Å². The molecule has 0 aliphatic heterocycles. The van der Waals surface area contributed by atoms with E-state index in [-0.39, 0.29) is 5.69 Å². The maximum atomic E-state index is 13.7. The molecule has 0 saturated carbocycles. The number of ether oxygens (including phenoxy) is 1. The number of halogens is 4. The van der Waals surface area contributed by atoms with Crippen molar-refractivity contribution < 1.29 is 27.1 Å². The number of rotatable bonds is 5. The van der Waals surface area contributed by atoms with E-state index in [0.29, 0.717) is 5.56 Å². The van der Waals surface area contributed by atoms with Crippen molar-refractivity contribution in [2.24, 2.45) is 0 Å². The minimum atomic E-state index is -4.56. The van der Waals surface area contributed by atoms with Crippen molar-refractivity contribution in [1.29, 1.82) is 0 Å². The number of nitrogens with one attached hydrogen (secondary N) is 1. The van der Waals surface area contributed by atoms with Gasteiger partial charge in [0.1, 0.15) is 0 Å². The second-order valence-electron chi connectivity index (χ2n) is 5.05. The van der Waals surface area contributed by atoms with Gasteiger partial charge in [0.05, 0.1) is 5.92 Å². The maximum absolute atomic E-state index is 13.7. The van der Waals surface area contributed by atoms with Gasteiger partial charge in [-0.2, -0.15) is 13.2 Å². The van der Waals surface area contributed by atoms with Crippen molar-refractivity contribution in [2.75, 3.05) is 11.9 Å². The Hall–Kier alpha value is -2.64. The molecule has 1 amide bonds. The number of anilines is 1. The molecule has 1 aromatic carbocycles. The van der Waals surface area contributed by atoms with Crippen molar-refractivity contribution >= 4 is 11.6 Å². The second-order valence-corrected chi connectivity index (χ2v) is 5.05. The second kappa shape index (κ2) is 7.29. The highest BCUT2D eigenvalue weighted by Crippen LogP contribution is 2.25. The van der Waals surface area contributed by atoms with Gasteiger partial charge in [0, 0.05) is 24.1 Å². The van der Waals surface area contributed by atoms with E-state index < -0.39 is 36.2 Å². The summed E-state index contributed by atoms with van der Waals surface area (Å²) in [7, 11) is 0. The third-order valence-corrected chi connectivity index (χ3v) is 3.17. The van der Waals surface area contributed by atoms with Gasteiger partial charge in [-0.05, 0) is 30.7 Å². The Morgan fingerprint density at radius 1 is 1.33 bits per heavy atom. The first-order chi connectivity index (χ1) is 11.3. The Morgan fingerprint density at radius 3 is 2.67 bits per heavy atom. The summed E-state index contributed by atoms with van der Waals surface area (Å²) in [5.74, 6) is -2.45. The van der Waals surface area contributed by atoms with Gasteiger partial charge in [0.2, 0.25) is 5.91 Å². The third kappa shape index (κ3) is 4.94. The number of carbonyl (C=O) groups excluding carboxylic acids is 1. The molecule has 1 N–H and O–H groups in total. The van der Waals surface area contributed by atoms with Crippen molar-refractivity contribution in [2.45, 2.75) is 19.0 Å². The van der Waals surface area contributed by atoms with Crippen LogP contribution in [-0.2, 0) is 4.79 Å². The highest BCUT2D eigenvalue weighted by molar-refractivity contribution is 5.95. The maximum Gasteiger partial charge on any atom is 0.422 e. The first kappa shape index (κ1) is 17.7. The Bertz CT molecular complexity index is 705. The van der Waals surface area contributed by atoms with E-state index in [2.05, 4.69) is 15.0 Å². The van der Waals surface area contributed by atoms with E-state index in [1.54, 1.807) is 31.5 Å². The van der Waals surface area contributed by atoms with E-state index >= 15 is 0 Å². The topological polar surface area (TPSA) is 51.2 Å². The number of hydrogen-bond acceptors (Lipinski definition) is 3. The number of benzene rings is 1. The number of nitrogens with zero attached hydrogens (tertiary/aromatic N) is 1. The van der Waals surface area contributed by atoms with E-state index in [1.807, 2.05) is 0 Å². The van der Waals surface area contributed by atoms with Crippen LogP contribution in [0.1, 0.15) is 18.4 Å². The molecule has 0 spiro atoms. The fourth-order valence-corrected chi connectivity index (χ4v) is 1.89. The van der Waals surface area contributed by atoms with Crippen LogP contribution in [0, 0.1) is 5.82 Å². The van der Waals surface area contributed by atoms with Gasteiger partial charge in [-0.25, -0.2) is 4.39 Å². The number of pyridine rings is 1. The van der Waals surface area contributed by atoms with Gasteiger partial charge >= 0.3 is 6.18 Å². The summed E-state index contributed by atoms with van der Waals surface area (Å²) in [4.78, 5) is 16.0. The molecule has 24 heavy (non-hydrogen) atoms. The fourth-order valence-electron chi connectivity index (χ4n) is 1.89. The molecule has 0 saturated heterocycles. The molecule has 0 aliphatic rings. The van der Waals surface area contributed by atoms with E-state index in [4.69, 9.17) is 0 Å². The van der Waals surface area contributed by atoms with Crippen molar-refractivity contribution in [3.05, 3.63) is 54.1 Å². The zero-order valence-corrected chi connectivity index (χ0v) is 12.6. The first-order valence-corrected chi connectivity index (χ1v) is 6.96. The summed E-state index contributed by atoms with van der Waals surface area (Å²) in [5, 5.41) is 2.50. The first-order valence-electron chi connectivity index (χ1n) is 6.96. The Kier molecular flexibility index (Phi) is 5.38. The molecular formula is C16H14F4N2O2. The number of hydrogen-bond donors (Lipinski definition) is 1. The van der Waals surface area contributed by atoms with Crippen LogP contribution in [0.4, 0.5) is 23.2 Å². The number of alkyl halides is 3. The summed E-state index contributed by atoms with van der Waals surface area (Å²) in [5.41, 5.74) is 0.799. The summed E-state index contributed by atoms with van der Waals surface area (Å²) >= 11 is 0. The molecule has 128 valence electrons. The largest absolute Gasteiger partial charge is 0.481 e. The van der Waals surface area contributed by atoms with Gasteiger partial charge in [-0.3, -0.25) is 9.78 Å². The van der Waals surface area contributed by atoms with Gasteiger partial charge in [-0.15, -0.1) is 0 Å². The molecule has 1 heterocycles. The molecule has 0 radical (unpaired) electrons. The van der Waals surface area contributed by atoms with E-state index in [0.717, 1.165) is 12.1 Å². The SMILES string of the molecule is CC(C(=O)Nc1ccc(OCC(F)(F)F)c(F)c1)c1cccnc1. The monoisotopic (exact) mass is 342 g/mol. The van der Waals surface area contributed by atoms with Crippen LogP contribution in [-0.4, -0.2) is 23.7 Å². The Morgan fingerprint density at radius 2 is 2.08 bits per heavy atom. The Balaban J connectivity index is 2.03. The van der Waals surface area contributed by atoms with Crippen molar-refractivity contribution in [3.8, 4) is 5.75 Å². The van der Waals surface area contributed by atoms with Crippen LogP contribution in [0.25, 0.3) is 0 Å². The molecule has 4 nitrogen and oxygen atoms in total. The average Bonchev–Trinajstić information content (AvgIpc) is 2.53. The van der Waals surface area contributed by atoms with Gasteiger partial charge in [0.15, 0.2) is 18.2 Å². The highest BCUT2D eigenvalue weighted by Gasteiger charge is 2.29. The molecule has 1 atom stereocenters. The predicted octanol–water partition coefficient (Wildman–Crippen LogP) is 3.90. The molecule has 0 fully saturated rings. The summed E-state index contributed by atoms with van der Waals surface area (Å²) in [6, 6.07) is 6.62. The zero-order chi connectivity index (χ0) is 17.7. The summed E-state index contributed by atoms with van der Waals surface area (Å²) in [6.45, 7) is 0.0666. The molecule has 1 aromatic heterocycles. The molecule has 2 rings (SSSR count). The number of carbonyl (C=O) groups is 1. The lowest BCUT2D eigenvalue weighted by Crippen LogP contribution is -2.20. The van der Waals surface area contributed by atoms with Crippen LogP contribution >= 0.6 is 0 Å². The molecule has 8 heteroatoms. The van der Waals surface area contributed by atoms with Crippen molar-refractivity contribution in [3.63, 3.8) is 0 Å². The number of aromatic nitrogens is 1. The molecule has 2 aromatic rings. The van der Waals surface area contributed by atoms with E-state index in [9.17, 15) is 22.4 Å². The Labute approximate surface area is 135 Å². The molecule has 0 bridgehead atoms. The quantitative estimate of drug-likeness (QED) is 0.839.